The molecule has 1 heterocycles. The summed E-state index contributed by atoms with van der Waals surface area (Å²) < 4.78 is 0. The molecule has 24 heavy (non-hydrogen) atoms. The van der Waals surface area contributed by atoms with E-state index in [1.165, 1.54) is 5.56 Å². The molecule has 0 saturated heterocycles. The van der Waals surface area contributed by atoms with Crippen molar-refractivity contribution < 1.29 is 9.90 Å². The van der Waals surface area contributed by atoms with Crippen molar-refractivity contribution in [3.63, 3.8) is 0 Å². The minimum atomic E-state index is -0.868. The molecule has 0 spiro atoms. The molecule has 1 N–H and O–H groups in total. The molecule has 0 unspecified atom stereocenters. The first kappa shape index (κ1) is 16.5. The highest BCUT2D eigenvalue weighted by molar-refractivity contribution is 6.31. The summed E-state index contributed by atoms with van der Waals surface area (Å²) in [5.74, 6) is -0.868. The topological polar surface area (TPSA) is 50.2 Å². The Labute approximate surface area is 145 Å². The Morgan fingerprint density at radius 2 is 1.88 bits per heavy atom. The van der Waals surface area contributed by atoms with Crippen molar-refractivity contribution in [2.24, 2.45) is 0 Å². The van der Waals surface area contributed by atoms with Crippen LogP contribution in [0.2, 0.25) is 5.02 Å². The van der Waals surface area contributed by atoms with E-state index in [9.17, 15) is 9.90 Å². The highest BCUT2D eigenvalue weighted by Crippen LogP contribution is 2.35. The number of hydrogen-bond donors (Lipinski definition) is 1. The number of aryl methyl sites for hydroxylation is 2. The first-order valence-corrected chi connectivity index (χ1v) is 8.27. The van der Waals surface area contributed by atoms with Gasteiger partial charge >= 0.3 is 5.97 Å². The number of nitrogens with zero attached hydrogens (tertiary/aromatic N) is 1. The molecule has 1 aromatic heterocycles. The van der Waals surface area contributed by atoms with E-state index in [-0.39, 0.29) is 6.42 Å². The molecule has 2 aromatic carbocycles. The maximum atomic E-state index is 11.4. The molecule has 122 valence electrons. The number of carboxylic acids is 1. The molecule has 0 aliphatic rings. The van der Waals surface area contributed by atoms with Gasteiger partial charge < -0.3 is 5.11 Å². The molecule has 0 radical (unpaired) electrons. The fraction of sp³-hybridized carbons (Fsp3) is 0.200. The van der Waals surface area contributed by atoms with Crippen LogP contribution in [-0.2, 0) is 17.6 Å². The van der Waals surface area contributed by atoms with Gasteiger partial charge in [0.15, 0.2) is 0 Å². The lowest BCUT2D eigenvalue weighted by Gasteiger charge is -2.15. The van der Waals surface area contributed by atoms with Crippen LogP contribution in [0, 0.1) is 6.92 Å². The Morgan fingerprint density at radius 3 is 2.50 bits per heavy atom. The lowest BCUT2D eigenvalue weighted by atomic mass is 9.92. The van der Waals surface area contributed by atoms with Crippen LogP contribution in [0.15, 0.2) is 42.5 Å². The second-order valence-corrected chi connectivity index (χ2v) is 6.27. The maximum absolute atomic E-state index is 11.4. The second-order valence-electron chi connectivity index (χ2n) is 5.83. The summed E-state index contributed by atoms with van der Waals surface area (Å²) in [5, 5.41) is 10.8. The monoisotopic (exact) mass is 339 g/mol. The number of benzene rings is 2. The second kappa shape index (κ2) is 6.62. The zero-order valence-corrected chi connectivity index (χ0v) is 14.4. The minimum Gasteiger partial charge on any atom is -0.481 e. The van der Waals surface area contributed by atoms with Gasteiger partial charge in [-0.1, -0.05) is 42.8 Å². The Balaban J connectivity index is 2.34. The summed E-state index contributed by atoms with van der Waals surface area (Å²) in [6.45, 7) is 3.97. The van der Waals surface area contributed by atoms with Crippen molar-refractivity contribution in [2.75, 3.05) is 0 Å². The molecule has 0 saturated carbocycles. The van der Waals surface area contributed by atoms with Crippen molar-refractivity contribution in [1.82, 2.24) is 4.98 Å². The van der Waals surface area contributed by atoms with Gasteiger partial charge in [-0.3, -0.25) is 9.78 Å². The van der Waals surface area contributed by atoms with E-state index in [1.54, 1.807) is 6.07 Å². The fourth-order valence-corrected chi connectivity index (χ4v) is 3.17. The standard InChI is InChI=1S/C20H18ClNO2/c1-3-13-4-6-14(7-5-13)20-16(11-19(23)24)12(2)22-18-9-8-15(21)10-17(18)20/h4-10H,3,11H2,1-2H3,(H,23,24). The lowest BCUT2D eigenvalue weighted by Crippen LogP contribution is -2.06. The number of aliphatic carboxylic acids is 1. The number of halogens is 1. The van der Waals surface area contributed by atoms with Gasteiger partial charge in [-0.25, -0.2) is 0 Å². The summed E-state index contributed by atoms with van der Waals surface area (Å²) in [6.07, 6.45) is 0.899. The van der Waals surface area contributed by atoms with Gasteiger partial charge in [0.05, 0.1) is 11.9 Å². The normalized spacial score (nSPS) is 11.0. The van der Waals surface area contributed by atoms with Gasteiger partial charge in [-0.05, 0) is 53.8 Å². The van der Waals surface area contributed by atoms with Gasteiger partial charge in [0, 0.05) is 16.1 Å². The third kappa shape index (κ3) is 3.13. The molecule has 0 aliphatic carbocycles. The van der Waals surface area contributed by atoms with Crippen LogP contribution in [0.5, 0.6) is 0 Å². The summed E-state index contributed by atoms with van der Waals surface area (Å²) in [7, 11) is 0. The van der Waals surface area contributed by atoms with Crippen molar-refractivity contribution in [3.8, 4) is 11.1 Å². The number of hydrogen-bond acceptors (Lipinski definition) is 2. The molecule has 0 atom stereocenters. The highest BCUT2D eigenvalue weighted by Gasteiger charge is 2.17. The van der Waals surface area contributed by atoms with Gasteiger partial charge in [0.1, 0.15) is 0 Å². The van der Waals surface area contributed by atoms with E-state index in [0.717, 1.165) is 39.7 Å². The zero-order chi connectivity index (χ0) is 17.3. The fourth-order valence-electron chi connectivity index (χ4n) is 3.00. The minimum absolute atomic E-state index is 0.0633. The van der Waals surface area contributed by atoms with Crippen LogP contribution >= 0.6 is 11.6 Å². The quantitative estimate of drug-likeness (QED) is 0.723. The lowest BCUT2D eigenvalue weighted by molar-refractivity contribution is -0.136. The van der Waals surface area contributed by atoms with Gasteiger partial charge in [-0.15, -0.1) is 0 Å². The number of rotatable bonds is 4. The smallest absolute Gasteiger partial charge is 0.307 e. The van der Waals surface area contributed by atoms with Crippen LogP contribution in [0.4, 0.5) is 0 Å². The van der Waals surface area contributed by atoms with Crippen LogP contribution in [-0.4, -0.2) is 16.1 Å². The first-order valence-electron chi connectivity index (χ1n) is 7.89. The van der Waals surface area contributed by atoms with Crippen LogP contribution in [0.3, 0.4) is 0 Å². The van der Waals surface area contributed by atoms with Crippen molar-refractivity contribution in [1.29, 1.82) is 0 Å². The molecule has 0 aliphatic heterocycles. The predicted molar refractivity (Wildman–Crippen MR) is 97.6 cm³/mol. The third-order valence-electron chi connectivity index (χ3n) is 4.23. The Morgan fingerprint density at radius 1 is 1.17 bits per heavy atom. The summed E-state index contributed by atoms with van der Waals surface area (Å²) >= 11 is 6.18. The molecule has 3 rings (SSSR count). The zero-order valence-electron chi connectivity index (χ0n) is 13.6. The SMILES string of the molecule is CCc1ccc(-c2c(CC(=O)O)c(C)nc3ccc(Cl)cc23)cc1. The van der Waals surface area contributed by atoms with Crippen molar-refractivity contribution in [2.45, 2.75) is 26.7 Å². The molecule has 4 heteroatoms. The van der Waals surface area contributed by atoms with Crippen LogP contribution in [0.1, 0.15) is 23.7 Å². The highest BCUT2D eigenvalue weighted by atomic mass is 35.5. The van der Waals surface area contributed by atoms with E-state index in [2.05, 4.69) is 24.0 Å². The summed E-state index contributed by atoms with van der Waals surface area (Å²) in [6, 6.07) is 13.8. The number of pyridine rings is 1. The largest absolute Gasteiger partial charge is 0.481 e. The van der Waals surface area contributed by atoms with Crippen molar-refractivity contribution in [3.05, 3.63) is 64.3 Å². The average Bonchev–Trinajstić information content (AvgIpc) is 2.56. The molecule has 0 fully saturated rings. The third-order valence-corrected chi connectivity index (χ3v) is 4.47. The van der Waals surface area contributed by atoms with Crippen LogP contribution in [0.25, 0.3) is 22.0 Å². The number of fused-ring (bicyclic) bond motifs is 1. The van der Waals surface area contributed by atoms with Gasteiger partial charge in [-0.2, -0.15) is 0 Å². The molecular formula is C20H18ClNO2. The van der Waals surface area contributed by atoms with Gasteiger partial charge in [0.2, 0.25) is 0 Å². The summed E-state index contributed by atoms with van der Waals surface area (Å²) in [4.78, 5) is 15.9. The van der Waals surface area contributed by atoms with Gasteiger partial charge in [0.25, 0.3) is 0 Å². The van der Waals surface area contributed by atoms with E-state index in [0.29, 0.717) is 5.02 Å². The molecular weight excluding hydrogens is 322 g/mol. The molecule has 0 bridgehead atoms. The molecule has 3 nitrogen and oxygen atoms in total. The van der Waals surface area contributed by atoms with Crippen LogP contribution < -0.4 is 0 Å². The number of carboxylic acid groups (broad SMARTS) is 1. The number of aromatic nitrogens is 1. The van der Waals surface area contributed by atoms with Crippen molar-refractivity contribution >= 4 is 28.5 Å². The molecule has 3 aromatic rings. The Hall–Kier alpha value is -2.39. The number of carbonyl (C=O) groups is 1. The van der Waals surface area contributed by atoms with E-state index >= 15 is 0 Å². The maximum Gasteiger partial charge on any atom is 0.307 e. The average molecular weight is 340 g/mol. The van der Waals surface area contributed by atoms with E-state index < -0.39 is 5.97 Å². The van der Waals surface area contributed by atoms with E-state index in [4.69, 9.17) is 11.6 Å². The Kier molecular flexibility index (Phi) is 4.54. The Bertz CT molecular complexity index is 917. The van der Waals surface area contributed by atoms with E-state index in [1.807, 2.05) is 31.2 Å². The first-order chi connectivity index (χ1) is 11.5. The molecule has 0 amide bonds. The predicted octanol–water partition coefficient (Wildman–Crippen LogP) is 5.05. The summed E-state index contributed by atoms with van der Waals surface area (Å²) in [5.41, 5.74) is 5.43.